The summed E-state index contributed by atoms with van der Waals surface area (Å²) >= 11 is 6.47. The smallest absolute Gasteiger partial charge is 0.273 e. The monoisotopic (exact) mass is 570 g/mol. The summed E-state index contributed by atoms with van der Waals surface area (Å²) in [7, 11) is -0.0142. The molecule has 206 valence electrons. The molecule has 0 unspecified atom stereocenters. The molecule has 12 heteroatoms. The fourth-order valence-corrected chi connectivity index (χ4v) is 5.00. The van der Waals surface area contributed by atoms with Crippen LogP contribution < -0.4 is 10.1 Å². The van der Waals surface area contributed by atoms with Crippen LogP contribution >= 0.6 is 11.6 Å². The number of halogens is 1. The van der Waals surface area contributed by atoms with Gasteiger partial charge in [0.1, 0.15) is 18.1 Å². The van der Waals surface area contributed by atoms with E-state index in [1.54, 1.807) is 37.5 Å². The molecule has 1 amide bonds. The zero-order valence-electron chi connectivity index (χ0n) is 22.5. The molecule has 0 aliphatic rings. The molecule has 0 saturated carbocycles. The van der Waals surface area contributed by atoms with Gasteiger partial charge in [-0.15, -0.1) is 0 Å². The number of aryl methyl sites for hydroxylation is 1. The van der Waals surface area contributed by atoms with Crippen molar-refractivity contribution in [3.8, 4) is 17.1 Å². The Hall–Kier alpha value is -3.54. The molecule has 0 saturated heterocycles. The van der Waals surface area contributed by atoms with E-state index < -0.39 is 9.84 Å². The number of hydrogen-bond donors (Lipinski definition) is 1. The molecular weight excluding hydrogens is 540 g/mol. The lowest BCUT2D eigenvalue weighted by molar-refractivity contribution is 0.0781. The molecular formula is C27H31ClN6O4S. The summed E-state index contributed by atoms with van der Waals surface area (Å²) in [5, 5.41) is 8.09. The molecule has 4 aromatic rings. The minimum Gasteiger partial charge on any atom is -0.491 e. The van der Waals surface area contributed by atoms with Gasteiger partial charge >= 0.3 is 0 Å². The van der Waals surface area contributed by atoms with Crippen molar-refractivity contribution < 1.29 is 17.9 Å². The number of likely N-dealkylation sites (N-methyl/N-ethyl adjacent to an activating group) is 1. The highest BCUT2D eigenvalue weighted by Crippen LogP contribution is 2.31. The van der Waals surface area contributed by atoms with Gasteiger partial charge in [0.25, 0.3) is 5.91 Å². The lowest BCUT2D eigenvalue weighted by Crippen LogP contribution is -2.28. The van der Waals surface area contributed by atoms with Crippen LogP contribution in [0.5, 0.6) is 5.75 Å². The molecule has 0 radical (unpaired) electrons. The Balaban J connectivity index is 1.78. The third kappa shape index (κ3) is 6.21. The van der Waals surface area contributed by atoms with Gasteiger partial charge in [-0.25, -0.2) is 18.4 Å². The van der Waals surface area contributed by atoms with E-state index in [9.17, 15) is 13.2 Å². The third-order valence-electron chi connectivity index (χ3n) is 6.36. The van der Waals surface area contributed by atoms with Crippen molar-refractivity contribution in [2.75, 3.05) is 33.5 Å². The predicted molar refractivity (Wildman–Crippen MR) is 151 cm³/mol. The normalized spacial score (nSPS) is 11.6. The molecule has 2 aromatic heterocycles. The fourth-order valence-electron chi connectivity index (χ4n) is 4.12. The Kier molecular flexibility index (Phi) is 8.53. The number of rotatable bonds is 10. The van der Waals surface area contributed by atoms with E-state index in [-0.39, 0.29) is 22.3 Å². The van der Waals surface area contributed by atoms with Gasteiger partial charge in [-0.05, 0) is 57.3 Å². The van der Waals surface area contributed by atoms with Gasteiger partial charge in [-0.2, -0.15) is 5.10 Å². The summed E-state index contributed by atoms with van der Waals surface area (Å²) in [6, 6.07) is 9.69. The number of carbonyl (C=O) groups is 1. The molecule has 0 fully saturated rings. The number of nitrogens with zero attached hydrogens (tertiary/aromatic N) is 5. The number of nitrogens with one attached hydrogen (secondary N) is 1. The van der Waals surface area contributed by atoms with Crippen molar-refractivity contribution in [3.63, 3.8) is 0 Å². The number of aromatic nitrogens is 4. The topological polar surface area (TPSA) is 119 Å². The first-order valence-corrected chi connectivity index (χ1v) is 14.7. The molecule has 0 aliphatic heterocycles. The van der Waals surface area contributed by atoms with Gasteiger partial charge in [0, 0.05) is 55.1 Å². The van der Waals surface area contributed by atoms with Gasteiger partial charge < -0.3 is 15.0 Å². The van der Waals surface area contributed by atoms with Crippen molar-refractivity contribution in [1.82, 2.24) is 30.0 Å². The second kappa shape index (κ2) is 11.7. The molecule has 1 N–H and O–H groups in total. The van der Waals surface area contributed by atoms with Crippen LogP contribution in [-0.2, 0) is 22.9 Å². The van der Waals surface area contributed by atoms with E-state index in [0.29, 0.717) is 46.9 Å². The number of ether oxygens (including phenoxy) is 1. The van der Waals surface area contributed by atoms with Crippen LogP contribution in [0.4, 0.5) is 0 Å². The molecule has 2 heterocycles. The molecule has 10 nitrogen and oxygen atoms in total. The van der Waals surface area contributed by atoms with Crippen molar-refractivity contribution in [3.05, 3.63) is 64.6 Å². The van der Waals surface area contributed by atoms with Gasteiger partial charge in [-0.1, -0.05) is 11.6 Å². The zero-order chi connectivity index (χ0) is 28.3. The van der Waals surface area contributed by atoms with Crippen LogP contribution in [0.3, 0.4) is 0 Å². The summed E-state index contributed by atoms with van der Waals surface area (Å²) in [4.78, 5) is 24.6. The summed E-state index contributed by atoms with van der Waals surface area (Å²) in [5.41, 5.74) is 2.99. The van der Waals surface area contributed by atoms with Crippen LogP contribution in [0.2, 0.25) is 5.02 Å². The number of amides is 1. The number of benzene rings is 2. The van der Waals surface area contributed by atoms with E-state index in [1.165, 1.54) is 17.0 Å². The highest BCUT2D eigenvalue weighted by Gasteiger charge is 2.22. The Morgan fingerprint density at radius 2 is 1.95 bits per heavy atom. The van der Waals surface area contributed by atoms with E-state index in [2.05, 4.69) is 20.4 Å². The fraction of sp³-hybridized carbons (Fsp3) is 0.333. The summed E-state index contributed by atoms with van der Waals surface area (Å²) < 4.78 is 32.1. The molecule has 0 spiro atoms. The third-order valence-corrected chi connectivity index (χ3v) is 7.76. The van der Waals surface area contributed by atoms with Gasteiger partial charge in [0.2, 0.25) is 0 Å². The summed E-state index contributed by atoms with van der Waals surface area (Å²) in [5.74, 6) is 0.425. The molecule has 2 aromatic carbocycles. The second-order valence-electron chi connectivity index (χ2n) is 9.18. The predicted octanol–water partition coefficient (Wildman–Crippen LogP) is 3.75. The minimum atomic E-state index is -3.52. The zero-order valence-corrected chi connectivity index (χ0v) is 24.1. The van der Waals surface area contributed by atoms with Crippen LogP contribution in [0.1, 0.15) is 28.7 Å². The van der Waals surface area contributed by atoms with Gasteiger partial charge in [0.15, 0.2) is 15.7 Å². The first-order valence-electron chi connectivity index (χ1n) is 12.4. The summed E-state index contributed by atoms with van der Waals surface area (Å²) in [6.45, 7) is 6.10. The van der Waals surface area contributed by atoms with Crippen LogP contribution in [0.25, 0.3) is 22.3 Å². The molecule has 0 atom stereocenters. The van der Waals surface area contributed by atoms with Crippen LogP contribution in [0, 0.1) is 6.92 Å². The molecule has 4 rings (SSSR count). The highest BCUT2D eigenvalue weighted by atomic mass is 35.5. The van der Waals surface area contributed by atoms with Crippen molar-refractivity contribution >= 4 is 38.2 Å². The van der Waals surface area contributed by atoms with E-state index in [1.807, 2.05) is 25.6 Å². The SMILES string of the molecule is CCn1ncc(CN(C)C(=O)c2nc(-c3ccc(OCCNC)c(Cl)c3)nc3ccc(S(C)(=O)=O)cc23)c1C. The lowest BCUT2D eigenvalue weighted by Gasteiger charge is -2.18. The Bertz CT molecular complexity index is 1640. The second-order valence-corrected chi connectivity index (χ2v) is 11.6. The van der Waals surface area contributed by atoms with Crippen molar-refractivity contribution in [2.24, 2.45) is 0 Å². The van der Waals surface area contributed by atoms with Gasteiger partial charge in [-0.3, -0.25) is 9.48 Å². The highest BCUT2D eigenvalue weighted by molar-refractivity contribution is 7.90. The van der Waals surface area contributed by atoms with Crippen LogP contribution in [-0.4, -0.2) is 72.5 Å². The van der Waals surface area contributed by atoms with Gasteiger partial charge in [0.05, 0.1) is 21.6 Å². The Morgan fingerprint density at radius 3 is 2.59 bits per heavy atom. The van der Waals surface area contributed by atoms with E-state index in [0.717, 1.165) is 24.1 Å². The standard InChI is InChI=1S/C27H31ClN6O4S/c1-6-34-17(2)19(15-30-34)16-33(4)27(35)25-21-14-20(39(5,36)37)8-9-23(21)31-26(32-25)18-7-10-24(22(28)13-18)38-12-11-29-3/h7-10,13-15,29H,6,11-12,16H2,1-5H3. The first kappa shape index (κ1) is 28.5. The first-order chi connectivity index (χ1) is 18.5. The maximum absolute atomic E-state index is 13.8. The van der Waals surface area contributed by atoms with Crippen LogP contribution in [0.15, 0.2) is 47.5 Å². The molecule has 39 heavy (non-hydrogen) atoms. The van der Waals surface area contributed by atoms with Crippen molar-refractivity contribution in [2.45, 2.75) is 31.8 Å². The lowest BCUT2D eigenvalue weighted by atomic mass is 10.1. The maximum atomic E-state index is 13.8. The average Bonchev–Trinajstić information content (AvgIpc) is 3.26. The molecule has 0 bridgehead atoms. The number of fused-ring (bicyclic) bond motifs is 1. The minimum absolute atomic E-state index is 0.0780. The number of carbonyl (C=O) groups excluding carboxylic acids is 1. The Morgan fingerprint density at radius 1 is 1.18 bits per heavy atom. The molecule has 0 aliphatic carbocycles. The summed E-state index contributed by atoms with van der Waals surface area (Å²) in [6.07, 6.45) is 2.86. The van der Waals surface area contributed by atoms with E-state index >= 15 is 0 Å². The maximum Gasteiger partial charge on any atom is 0.273 e. The number of sulfone groups is 1. The van der Waals surface area contributed by atoms with E-state index in [4.69, 9.17) is 16.3 Å². The average molecular weight is 571 g/mol. The Labute approximate surface area is 232 Å². The number of hydrogen-bond acceptors (Lipinski definition) is 8. The largest absolute Gasteiger partial charge is 0.491 e. The quantitative estimate of drug-likeness (QED) is 0.286. The van der Waals surface area contributed by atoms with Crippen molar-refractivity contribution in [1.29, 1.82) is 0 Å².